The fraction of sp³-hybridized carbons (Fsp3) is 1.00. The van der Waals surface area contributed by atoms with Crippen LogP contribution in [0.15, 0.2) is 0 Å². The fourth-order valence-corrected chi connectivity index (χ4v) is 1.10. The van der Waals surface area contributed by atoms with Crippen LogP contribution in [0.2, 0.25) is 0 Å². The van der Waals surface area contributed by atoms with E-state index in [4.69, 9.17) is 14.7 Å². The molecule has 10 heavy (non-hydrogen) atoms. The van der Waals surface area contributed by atoms with Crippen molar-refractivity contribution in [3.8, 4) is 0 Å². The number of hydrogen-bond donors (Lipinski definition) is 3. The van der Waals surface area contributed by atoms with E-state index in [1.165, 1.54) is 0 Å². The third kappa shape index (κ3) is 2.97. The van der Waals surface area contributed by atoms with Gasteiger partial charge in [0.25, 0.3) is 0 Å². The van der Waals surface area contributed by atoms with Crippen LogP contribution in [0.1, 0.15) is 20.8 Å². The van der Waals surface area contributed by atoms with Gasteiger partial charge in [-0.05, 0) is 0 Å². The predicted molar refractivity (Wildman–Crippen MR) is 45.0 cm³/mol. The van der Waals surface area contributed by atoms with Crippen molar-refractivity contribution in [2.24, 2.45) is 0 Å². The first-order chi connectivity index (χ1) is 3.78. The molecule has 0 atom stereocenters. The van der Waals surface area contributed by atoms with Crippen molar-refractivity contribution in [3.05, 3.63) is 0 Å². The van der Waals surface area contributed by atoms with E-state index in [0.717, 1.165) is 0 Å². The Kier molecular flexibility index (Phi) is 4.14. The Morgan fingerprint density at radius 2 is 1.50 bits per heavy atom. The summed E-state index contributed by atoms with van der Waals surface area (Å²) >= 11 is 0. The van der Waals surface area contributed by atoms with Crippen molar-refractivity contribution < 1.29 is 14.7 Å². The summed E-state index contributed by atoms with van der Waals surface area (Å²) in [6.07, 6.45) is 0.0449. The molecule has 0 amide bonds. The molecule has 0 saturated carbocycles. The monoisotopic (exact) mass is 165 g/mol. The second-order valence-electron chi connectivity index (χ2n) is 2.63. The summed E-state index contributed by atoms with van der Waals surface area (Å²) in [6, 6.07) is 0. The molecule has 0 aromatic rings. The molecule has 61 valence electrons. The van der Waals surface area contributed by atoms with Crippen LogP contribution in [0.5, 0.6) is 0 Å². The minimum absolute atomic E-state index is 0. The molecule has 0 heterocycles. The van der Waals surface area contributed by atoms with Crippen LogP contribution in [0, 0.1) is 0 Å². The second-order valence-corrected chi connectivity index (χ2v) is 6.74. The average molecular weight is 165 g/mol. The van der Waals surface area contributed by atoms with Crippen molar-refractivity contribution in [2.45, 2.75) is 26.4 Å². The topological polar surface area (TPSA) is 60.7 Å². The Morgan fingerprint density at radius 1 is 1.20 bits per heavy atom. The Labute approximate surface area is 63.8 Å². The van der Waals surface area contributed by atoms with Gasteiger partial charge in [-0.25, -0.2) is 0 Å². The third-order valence-corrected chi connectivity index (χ3v) is 4.99. The van der Waals surface area contributed by atoms with Crippen LogP contribution in [0.4, 0.5) is 0 Å². The van der Waals surface area contributed by atoms with Gasteiger partial charge in [0, 0.05) is 8.41 Å². The van der Waals surface area contributed by atoms with Crippen molar-refractivity contribution in [2.75, 3.05) is 6.16 Å². The number of hydrogen-bond acceptors (Lipinski definition) is 3. The first kappa shape index (κ1) is 13.0. The van der Waals surface area contributed by atoms with Crippen LogP contribution in [0.3, 0.4) is 0 Å². The van der Waals surface area contributed by atoms with E-state index in [1.807, 2.05) is 0 Å². The summed E-state index contributed by atoms with van der Waals surface area (Å²) in [5, 5.41) is 0. The molecule has 0 fully saturated rings. The Hall–Kier alpha value is 0.375. The van der Waals surface area contributed by atoms with Crippen molar-refractivity contribution in [1.82, 2.24) is 0 Å². The van der Waals surface area contributed by atoms with Crippen LogP contribution in [0.25, 0.3) is 0 Å². The summed E-state index contributed by atoms with van der Waals surface area (Å²) < 4.78 is 0. The molecule has 0 aliphatic rings. The summed E-state index contributed by atoms with van der Waals surface area (Å²) in [5.74, 6) is 0. The van der Waals surface area contributed by atoms with Gasteiger partial charge in [-0.3, -0.25) is 0 Å². The zero-order chi connectivity index (χ0) is 7.73. The molecule has 3 radical (unpaired) electrons. The molecular formula is C5H15BO3P. The maximum atomic E-state index is 9.11. The van der Waals surface area contributed by atoms with Crippen molar-refractivity contribution in [3.63, 3.8) is 0 Å². The minimum Gasteiger partial charge on any atom is 0 e. The van der Waals surface area contributed by atoms with Gasteiger partial charge in [-0.15, -0.1) is 0 Å². The van der Waals surface area contributed by atoms with E-state index in [-0.39, 0.29) is 14.6 Å². The zero-order valence-corrected chi connectivity index (χ0v) is 7.55. The molecule has 0 spiro atoms. The van der Waals surface area contributed by atoms with Gasteiger partial charge in [0.05, 0.1) is 0 Å². The fourth-order valence-electron chi connectivity index (χ4n) is 0.365. The predicted octanol–water partition coefficient (Wildman–Crippen LogP) is 0.309. The second kappa shape index (κ2) is 3.18. The van der Waals surface area contributed by atoms with Gasteiger partial charge in [0.1, 0.15) is 0 Å². The van der Waals surface area contributed by atoms with Gasteiger partial charge in [-0.1, -0.05) is 0 Å². The normalized spacial score (nSPS) is 15.7. The van der Waals surface area contributed by atoms with E-state index in [0.29, 0.717) is 0 Å². The quantitative estimate of drug-likeness (QED) is 0.407. The maximum absolute atomic E-state index is 9.11. The first-order valence-electron chi connectivity index (χ1n) is 3.04. The molecule has 0 aromatic carbocycles. The summed E-state index contributed by atoms with van der Waals surface area (Å²) in [5.41, 5.74) is -0.444. The molecule has 0 aliphatic heterocycles. The molecule has 0 rings (SSSR count). The van der Waals surface area contributed by atoms with Crippen molar-refractivity contribution >= 4 is 15.7 Å². The van der Waals surface area contributed by atoms with Gasteiger partial charge in [0.2, 0.25) is 0 Å². The standard InChI is InChI=1S/C5H15O3P.B/c1-4-9(6,7,8)5(2)3;/h5-8H,4H2,1-3H3;. The van der Waals surface area contributed by atoms with Crippen LogP contribution in [-0.2, 0) is 0 Å². The first-order valence-corrected chi connectivity index (χ1v) is 5.39. The summed E-state index contributed by atoms with van der Waals surface area (Å²) in [4.78, 5) is 27.3. The van der Waals surface area contributed by atoms with E-state index in [2.05, 4.69) is 0 Å². The van der Waals surface area contributed by atoms with E-state index < -0.39 is 12.9 Å². The smallest absolute Gasteiger partial charge is 0 e. The third-order valence-electron chi connectivity index (χ3n) is 1.66. The molecule has 0 bridgehead atoms. The van der Waals surface area contributed by atoms with Crippen LogP contribution < -0.4 is 0 Å². The van der Waals surface area contributed by atoms with Gasteiger partial charge < -0.3 is 0 Å². The van der Waals surface area contributed by atoms with Crippen LogP contribution in [-0.4, -0.2) is 34.9 Å². The molecule has 3 nitrogen and oxygen atoms in total. The van der Waals surface area contributed by atoms with Gasteiger partial charge >= 0.3 is 54.6 Å². The van der Waals surface area contributed by atoms with Gasteiger partial charge in [-0.2, -0.15) is 0 Å². The molecule has 0 unspecified atom stereocenters. The largest absolute Gasteiger partial charge is 0 e. The zero-order valence-electron chi connectivity index (χ0n) is 6.65. The van der Waals surface area contributed by atoms with E-state index in [1.54, 1.807) is 20.8 Å². The van der Waals surface area contributed by atoms with E-state index >= 15 is 0 Å². The maximum Gasteiger partial charge on any atom is 0 e. The minimum atomic E-state index is -4.21. The van der Waals surface area contributed by atoms with Crippen LogP contribution >= 0.6 is 7.28 Å². The average Bonchev–Trinajstić information content (AvgIpc) is 1.66. The van der Waals surface area contributed by atoms with E-state index in [9.17, 15) is 0 Å². The summed E-state index contributed by atoms with van der Waals surface area (Å²) in [6.45, 7) is 4.76. The molecular weight excluding hydrogens is 150 g/mol. The molecule has 0 aliphatic carbocycles. The Bertz CT molecular complexity index is 107. The number of rotatable bonds is 2. The molecule has 0 aromatic heterocycles. The van der Waals surface area contributed by atoms with Gasteiger partial charge in [0.15, 0.2) is 0 Å². The van der Waals surface area contributed by atoms with Crippen molar-refractivity contribution in [1.29, 1.82) is 0 Å². The SMILES string of the molecule is CCP(O)(O)(O)C(C)C.[B]. The molecule has 3 N–H and O–H groups in total. The molecule has 0 saturated heterocycles. The summed E-state index contributed by atoms with van der Waals surface area (Å²) in [7, 11) is -4.21. The Balaban J connectivity index is 0. The molecule has 5 heteroatoms. The Morgan fingerprint density at radius 3 is 1.50 bits per heavy atom.